The van der Waals surface area contributed by atoms with Crippen LogP contribution in [0.2, 0.25) is 0 Å². The summed E-state index contributed by atoms with van der Waals surface area (Å²) in [7, 11) is 0. The number of hydrogen-bond acceptors (Lipinski definition) is 6. The van der Waals surface area contributed by atoms with Crippen molar-refractivity contribution in [3.05, 3.63) is 58.9 Å². The number of ether oxygens (including phenoxy) is 1. The molecule has 2 saturated heterocycles. The molecule has 4 unspecified atom stereocenters. The Hall–Kier alpha value is -2.22. The van der Waals surface area contributed by atoms with Gasteiger partial charge in [-0.25, -0.2) is 0 Å². The topological polar surface area (TPSA) is 78.9 Å². The smallest absolute Gasteiger partial charge is 0.381 e. The summed E-state index contributed by atoms with van der Waals surface area (Å²) in [5.74, 6) is 0.660. The predicted molar refractivity (Wildman–Crippen MR) is 161 cm³/mol. The second kappa shape index (κ2) is 12.6. The molecule has 0 saturated carbocycles. The molecule has 1 amide bonds. The van der Waals surface area contributed by atoms with Crippen LogP contribution in [0.1, 0.15) is 60.3 Å². The van der Waals surface area contributed by atoms with Crippen molar-refractivity contribution in [3.63, 3.8) is 0 Å². The summed E-state index contributed by atoms with van der Waals surface area (Å²) >= 11 is -0.760. The van der Waals surface area contributed by atoms with Crippen molar-refractivity contribution in [3.8, 4) is 0 Å². The van der Waals surface area contributed by atoms with Crippen molar-refractivity contribution in [1.82, 2.24) is 20.5 Å². The first kappa shape index (κ1) is 28.9. The van der Waals surface area contributed by atoms with Gasteiger partial charge in [0.1, 0.15) is 0 Å². The molecule has 1 aromatic carbocycles. The zero-order valence-electron chi connectivity index (χ0n) is 22.8. The molecule has 4 atom stereocenters. The van der Waals surface area contributed by atoms with Crippen molar-refractivity contribution in [1.29, 1.82) is 0 Å². The Kier molecular flexibility index (Phi) is 8.85. The first-order valence-corrected chi connectivity index (χ1v) is 16.7. The van der Waals surface area contributed by atoms with Gasteiger partial charge in [0.25, 0.3) is 0 Å². The Balaban J connectivity index is 1.13. The average Bonchev–Trinajstić information content (AvgIpc) is 3.44. The molecule has 0 radical (unpaired) electrons. The first-order valence-electron chi connectivity index (χ1n) is 14.4. The van der Waals surface area contributed by atoms with Crippen LogP contribution in [0.15, 0.2) is 41.7 Å². The van der Waals surface area contributed by atoms with Crippen molar-refractivity contribution >= 4 is 40.2 Å². The van der Waals surface area contributed by atoms with E-state index in [2.05, 4.69) is 31.6 Å². The maximum Gasteiger partial charge on any atom is 0.416 e. The van der Waals surface area contributed by atoms with Gasteiger partial charge in [0.15, 0.2) is 0 Å². The van der Waals surface area contributed by atoms with Gasteiger partial charge in [-0.05, 0) is 85.8 Å². The van der Waals surface area contributed by atoms with Crippen molar-refractivity contribution in [2.75, 3.05) is 32.8 Å². The molecule has 0 spiro atoms. The van der Waals surface area contributed by atoms with Gasteiger partial charge in [0.2, 0.25) is 5.91 Å². The molecule has 1 aliphatic carbocycles. The number of rotatable bonds is 7. The number of carbonyl (C=O) groups is 1. The molecule has 6 rings (SSSR count). The summed E-state index contributed by atoms with van der Waals surface area (Å²) in [5.41, 5.74) is 2.96. The lowest BCUT2D eigenvalue weighted by Crippen LogP contribution is -2.46. The minimum absolute atomic E-state index is 0.0242. The number of aryl methyl sites for hydroxylation is 1. The van der Waals surface area contributed by atoms with Crippen LogP contribution in [0.25, 0.3) is 0 Å². The summed E-state index contributed by atoms with van der Waals surface area (Å²) in [4.78, 5) is 24.4. The molecule has 3 aliphatic heterocycles. The lowest BCUT2D eigenvalue weighted by molar-refractivity contribution is -0.137. The van der Waals surface area contributed by atoms with Gasteiger partial charge >= 0.3 is 6.18 Å². The van der Waals surface area contributed by atoms with Crippen LogP contribution in [-0.4, -0.2) is 68.6 Å². The quantitative estimate of drug-likeness (QED) is 0.406. The fraction of sp³-hybridized carbons (Fsp3) is 0.533. The molecule has 2 aromatic rings. The molecule has 220 valence electrons. The molecular formula is C30H35F3IN5O2. The fourth-order valence-electron chi connectivity index (χ4n) is 6.73. The third kappa shape index (κ3) is 6.73. The van der Waals surface area contributed by atoms with E-state index in [0.29, 0.717) is 32.8 Å². The lowest BCUT2D eigenvalue weighted by Gasteiger charge is -2.26. The Labute approximate surface area is 248 Å². The van der Waals surface area contributed by atoms with E-state index in [1.54, 1.807) is 4.22 Å². The van der Waals surface area contributed by atoms with Gasteiger partial charge in [-0.15, -0.1) is 0 Å². The number of nitrogens with zero attached hydrogens (tertiary/aromatic N) is 3. The summed E-state index contributed by atoms with van der Waals surface area (Å²) in [6, 6.07) is 6.22. The summed E-state index contributed by atoms with van der Waals surface area (Å²) in [6.45, 7) is 3.37. The highest BCUT2D eigenvalue weighted by atomic mass is 127. The first-order chi connectivity index (χ1) is 19.8. The van der Waals surface area contributed by atoms with Crippen molar-refractivity contribution in [2.24, 2.45) is 10.9 Å². The van der Waals surface area contributed by atoms with Crippen LogP contribution in [0, 0.1) is 5.92 Å². The van der Waals surface area contributed by atoms with Crippen molar-refractivity contribution in [2.45, 2.75) is 62.7 Å². The van der Waals surface area contributed by atoms with Gasteiger partial charge in [0, 0.05) is 56.3 Å². The number of amides is 1. The summed E-state index contributed by atoms with van der Waals surface area (Å²) in [6.07, 6.45) is 5.78. The summed E-state index contributed by atoms with van der Waals surface area (Å²) in [5, 5.41) is 6.48. The van der Waals surface area contributed by atoms with E-state index in [-0.39, 0.29) is 18.5 Å². The number of aliphatic imine (C=N–C) groups is 1. The van der Waals surface area contributed by atoms with Crippen LogP contribution in [0.3, 0.4) is 0 Å². The SMILES string of the molecule is O=C(CNC1=IC=Nc2ccc(C(F)(F)F)cc21)NC1CN(C2CCCOCC2)CC1CC1CCc2cnccc21. The molecule has 7 nitrogen and oxygen atoms in total. The fourth-order valence-corrected chi connectivity index (χ4v) is 8.63. The Morgan fingerprint density at radius 2 is 2.05 bits per heavy atom. The Bertz CT molecular complexity index is 1330. The van der Waals surface area contributed by atoms with E-state index in [1.807, 2.05) is 12.4 Å². The number of aromatic nitrogens is 1. The lowest BCUT2D eigenvalue weighted by atomic mass is 9.87. The number of nitrogens with one attached hydrogen (secondary N) is 2. The van der Waals surface area contributed by atoms with E-state index in [9.17, 15) is 18.0 Å². The molecule has 0 bridgehead atoms. The largest absolute Gasteiger partial charge is 0.416 e. The number of hydrogen-bond donors (Lipinski definition) is 2. The molecule has 41 heavy (non-hydrogen) atoms. The standard InChI is InChI=1S/C30H35F3IN5O2/c31-30(32,33)22-5-6-26-25(13-22)29(34-18-37-26)36-15-28(40)38-27-17-39(23-2-1-10-41-11-8-23)16-21(27)12-19-3-4-20-14-35-9-7-24(19)20/h5-7,9,13-14,18-19,21,23,27,36H,1-4,8,10-12,15-17H2,(H,38,40). The van der Waals surface area contributed by atoms with Crippen LogP contribution < -0.4 is 10.6 Å². The highest BCUT2D eigenvalue weighted by molar-refractivity contribution is 14.2. The minimum atomic E-state index is -4.43. The minimum Gasteiger partial charge on any atom is -0.381 e. The number of pyridine rings is 1. The molecule has 4 aliphatic rings. The van der Waals surface area contributed by atoms with Crippen LogP contribution in [-0.2, 0) is 22.1 Å². The molecule has 1 aromatic heterocycles. The van der Waals surface area contributed by atoms with E-state index in [1.165, 1.54) is 17.2 Å². The average molecular weight is 682 g/mol. The third-order valence-electron chi connectivity index (χ3n) is 8.79. The molecule has 11 heteroatoms. The molecule has 4 heterocycles. The van der Waals surface area contributed by atoms with Crippen LogP contribution in [0.5, 0.6) is 0 Å². The van der Waals surface area contributed by atoms with E-state index in [4.69, 9.17) is 4.74 Å². The normalized spacial score (nSPS) is 26.5. The van der Waals surface area contributed by atoms with Crippen molar-refractivity contribution < 1.29 is 22.7 Å². The predicted octanol–water partition coefficient (Wildman–Crippen LogP) is 4.92. The number of fused-ring (bicyclic) bond motifs is 2. The van der Waals surface area contributed by atoms with Crippen LogP contribution in [0.4, 0.5) is 18.9 Å². The van der Waals surface area contributed by atoms with Crippen LogP contribution >= 0.6 is 20.7 Å². The highest BCUT2D eigenvalue weighted by Crippen LogP contribution is 2.40. The monoisotopic (exact) mass is 681 g/mol. The summed E-state index contributed by atoms with van der Waals surface area (Å²) < 4.78 is 48.2. The number of alkyl halides is 3. The number of benzene rings is 1. The third-order valence-corrected chi connectivity index (χ3v) is 10.9. The van der Waals surface area contributed by atoms with Gasteiger partial charge < -0.3 is 10.1 Å². The Morgan fingerprint density at radius 3 is 2.93 bits per heavy atom. The maximum atomic E-state index is 13.3. The number of halogens is 4. The second-order valence-corrected chi connectivity index (χ2v) is 13.6. The second-order valence-electron chi connectivity index (χ2n) is 11.4. The van der Waals surface area contributed by atoms with Gasteiger partial charge in [-0.1, -0.05) is 20.7 Å². The number of likely N-dealkylation sites (tertiary alicyclic amines) is 1. The van der Waals surface area contributed by atoms with Gasteiger partial charge in [-0.3, -0.25) is 25.0 Å². The van der Waals surface area contributed by atoms with E-state index < -0.39 is 32.5 Å². The molecule has 2 N–H and O–H groups in total. The molecular weight excluding hydrogens is 646 g/mol. The van der Waals surface area contributed by atoms with E-state index in [0.717, 1.165) is 77.0 Å². The van der Waals surface area contributed by atoms with Gasteiger partial charge in [0.05, 0.1) is 25.6 Å². The maximum absolute atomic E-state index is 13.3. The number of carbonyl (C=O) groups excluding carboxylic acids is 1. The highest BCUT2D eigenvalue weighted by Gasteiger charge is 2.39. The zero-order chi connectivity index (χ0) is 28.4. The molecule has 2 fully saturated rings. The Morgan fingerprint density at radius 1 is 1.15 bits per heavy atom. The zero-order valence-corrected chi connectivity index (χ0v) is 25.0. The van der Waals surface area contributed by atoms with E-state index >= 15 is 0 Å². The van der Waals surface area contributed by atoms with Gasteiger partial charge in [-0.2, -0.15) is 13.2 Å².